The van der Waals surface area contributed by atoms with Crippen LogP contribution in [-0.4, -0.2) is 29.3 Å². The standard InChI is InChI=1S/C23H22ClFN4O3/c1-32-22(30)14-6-9-16(10-7-14)29(13-21-17-4-2-3-5-20(17)27-28-21)23(31)26-15-8-11-19(25)18(24)12-15/h6-12H,2-5,13H2,1H3,(H,26,31)(H,27,28). The third kappa shape index (κ3) is 4.60. The molecule has 1 aliphatic carbocycles. The number of methoxy groups -OCH3 is 1. The molecule has 7 nitrogen and oxygen atoms in total. The molecule has 0 radical (unpaired) electrons. The number of aryl methyl sites for hydroxylation is 1. The lowest BCUT2D eigenvalue weighted by atomic mass is 9.96. The number of carbonyl (C=O) groups is 2. The van der Waals surface area contributed by atoms with E-state index in [0.717, 1.165) is 42.6 Å². The number of ether oxygens (including phenoxy) is 1. The van der Waals surface area contributed by atoms with Gasteiger partial charge in [0.15, 0.2) is 0 Å². The minimum absolute atomic E-state index is 0.0850. The molecule has 2 aromatic carbocycles. The molecule has 0 unspecified atom stereocenters. The predicted octanol–water partition coefficient (Wildman–Crippen LogP) is 5.11. The van der Waals surface area contributed by atoms with Crippen molar-refractivity contribution in [3.8, 4) is 0 Å². The summed E-state index contributed by atoms with van der Waals surface area (Å²) in [5, 5.41) is 10.2. The van der Waals surface area contributed by atoms with Gasteiger partial charge < -0.3 is 10.1 Å². The quantitative estimate of drug-likeness (QED) is 0.522. The first-order valence-electron chi connectivity index (χ1n) is 10.2. The van der Waals surface area contributed by atoms with E-state index in [-0.39, 0.29) is 11.6 Å². The Morgan fingerprint density at radius 2 is 1.94 bits per heavy atom. The Labute approximate surface area is 189 Å². The second-order valence-corrected chi connectivity index (χ2v) is 7.93. The number of nitrogens with zero attached hydrogens (tertiary/aromatic N) is 2. The highest BCUT2D eigenvalue weighted by Crippen LogP contribution is 2.26. The maximum absolute atomic E-state index is 13.5. The first-order chi connectivity index (χ1) is 15.5. The van der Waals surface area contributed by atoms with Gasteiger partial charge >= 0.3 is 12.0 Å². The molecule has 0 bridgehead atoms. The van der Waals surface area contributed by atoms with Crippen molar-refractivity contribution < 1.29 is 18.7 Å². The Kier molecular flexibility index (Phi) is 6.41. The molecule has 32 heavy (non-hydrogen) atoms. The third-order valence-electron chi connectivity index (χ3n) is 5.47. The van der Waals surface area contributed by atoms with Crippen LogP contribution in [0, 0.1) is 5.82 Å². The summed E-state index contributed by atoms with van der Waals surface area (Å²) in [6.45, 7) is 0.226. The van der Waals surface area contributed by atoms with Crippen molar-refractivity contribution in [2.24, 2.45) is 0 Å². The van der Waals surface area contributed by atoms with Crippen molar-refractivity contribution in [3.63, 3.8) is 0 Å². The SMILES string of the molecule is COC(=O)c1ccc(N(Cc2n[nH]c3c2CCCC3)C(=O)Nc2ccc(F)c(Cl)c2)cc1. The van der Waals surface area contributed by atoms with Gasteiger partial charge in [-0.05, 0) is 73.7 Å². The summed E-state index contributed by atoms with van der Waals surface area (Å²) in [4.78, 5) is 26.5. The summed E-state index contributed by atoms with van der Waals surface area (Å²) in [5.74, 6) is -1.03. The summed E-state index contributed by atoms with van der Waals surface area (Å²) in [7, 11) is 1.31. The summed E-state index contributed by atoms with van der Waals surface area (Å²) >= 11 is 5.85. The number of halogens is 2. The van der Waals surface area contributed by atoms with Crippen LogP contribution in [0.15, 0.2) is 42.5 Å². The Morgan fingerprint density at radius 1 is 1.19 bits per heavy atom. The third-order valence-corrected chi connectivity index (χ3v) is 5.76. The number of rotatable bonds is 5. The number of H-pyrrole nitrogens is 1. The van der Waals surface area contributed by atoms with Gasteiger partial charge in [-0.3, -0.25) is 10.00 Å². The molecule has 0 spiro atoms. The number of benzene rings is 2. The van der Waals surface area contributed by atoms with Gasteiger partial charge in [-0.25, -0.2) is 14.0 Å². The number of amides is 2. The number of carbonyl (C=O) groups excluding carboxylic acids is 2. The molecule has 3 aromatic rings. The van der Waals surface area contributed by atoms with Crippen molar-refractivity contribution in [2.45, 2.75) is 32.2 Å². The normalized spacial score (nSPS) is 12.7. The minimum Gasteiger partial charge on any atom is -0.465 e. The lowest BCUT2D eigenvalue weighted by molar-refractivity contribution is 0.0600. The number of hydrogen-bond donors (Lipinski definition) is 2. The zero-order valence-electron chi connectivity index (χ0n) is 17.5. The lowest BCUT2D eigenvalue weighted by Crippen LogP contribution is -2.35. The van der Waals surface area contributed by atoms with Crippen molar-refractivity contribution >= 4 is 35.0 Å². The van der Waals surface area contributed by atoms with E-state index < -0.39 is 17.8 Å². The maximum Gasteiger partial charge on any atom is 0.337 e. The van der Waals surface area contributed by atoms with E-state index in [4.69, 9.17) is 16.3 Å². The first-order valence-corrected chi connectivity index (χ1v) is 10.6. The first kappa shape index (κ1) is 21.8. The van der Waals surface area contributed by atoms with Gasteiger partial charge in [-0.2, -0.15) is 5.10 Å². The van der Waals surface area contributed by atoms with Crippen LogP contribution in [0.1, 0.15) is 40.2 Å². The number of hydrogen-bond acceptors (Lipinski definition) is 4. The fraction of sp³-hybridized carbons (Fsp3) is 0.261. The van der Waals surface area contributed by atoms with Gasteiger partial charge in [-0.1, -0.05) is 11.6 Å². The predicted molar refractivity (Wildman–Crippen MR) is 120 cm³/mol. The number of fused-ring (bicyclic) bond motifs is 1. The average molecular weight is 457 g/mol. The van der Waals surface area contributed by atoms with Crippen molar-refractivity contribution in [1.29, 1.82) is 0 Å². The number of aromatic nitrogens is 2. The number of anilines is 2. The fourth-order valence-electron chi connectivity index (χ4n) is 3.77. The van der Waals surface area contributed by atoms with Gasteiger partial charge in [0.2, 0.25) is 0 Å². The lowest BCUT2D eigenvalue weighted by Gasteiger charge is -2.24. The van der Waals surface area contributed by atoms with Gasteiger partial charge in [0, 0.05) is 17.1 Å². The Morgan fingerprint density at radius 3 is 2.66 bits per heavy atom. The van der Waals surface area contributed by atoms with E-state index in [1.165, 1.54) is 30.2 Å². The van der Waals surface area contributed by atoms with Crippen LogP contribution in [0.2, 0.25) is 5.02 Å². The number of urea groups is 1. The van der Waals surface area contributed by atoms with Gasteiger partial charge in [-0.15, -0.1) is 0 Å². The van der Waals surface area contributed by atoms with E-state index in [0.29, 0.717) is 16.9 Å². The molecule has 4 rings (SSSR count). The van der Waals surface area contributed by atoms with E-state index in [1.807, 2.05) is 0 Å². The van der Waals surface area contributed by atoms with Crippen molar-refractivity contribution in [3.05, 3.63) is 75.8 Å². The highest BCUT2D eigenvalue weighted by atomic mass is 35.5. The molecule has 0 saturated heterocycles. The van der Waals surface area contributed by atoms with Crippen molar-refractivity contribution in [1.82, 2.24) is 10.2 Å². The second-order valence-electron chi connectivity index (χ2n) is 7.52. The summed E-state index contributed by atoms with van der Waals surface area (Å²) < 4.78 is 18.2. The largest absolute Gasteiger partial charge is 0.465 e. The topological polar surface area (TPSA) is 87.3 Å². The molecule has 2 amide bonds. The molecule has 0 saturated carbocycles. The molecule has 0 fully saturated rings. The molecule has 1 aliphatic rings. The van der Waals surface area contributed by atoms with Gasteiger partial charge in [0.25, 0.3) is 0 Å². The van der Waals surface area contributed by atoms with Crippen LogP contribution in [-0.2, 0) is 24.1 Å². The molecule has 2 N–H and O–H groups in total. The molecule has 0 aliphatic heterocycles. The van der Waals surface area contributed by atoms with Crippen LogP contribution >= 0.6 is 11.6 Å². The summed E-state index contributed by atoms with van der Waals surface area (Å²) in [6.07, 6.45) is 4.04. The Bertz CT molecular complexity index is 1150. The van der Waals surface area contributed by atoms with Crippen LogP contribution < -0.4 is 10.2 Å². The maximum atomic E-state index is 13.5. The smallest absolute Gasteiger partial charge is 0.337 e. The number of aromatic amines is 1. The number of nitrogens with one attached hydrogen (secondary N) is 2. The minimum atomic E-state index is -0.567. The Hall–Kier alpha value is -3.39. The van der Waals surface area contributed by atoms with E-state index in [1.54, 1.807) is 24.3 Å². The number of esters is 1. The summed E-state index contributed by atoms with van der Waals surface area (Å²) in [5.41, 5.74) is 4.35. The zero-order valence-corrected chi connectivity index (χ0v) is 18.2. The molecule has 0 atom stereocenters. The molecule has 1 heterocycles. The molecule has 9 heteroatoms. The van der Waals surface area contributed by atoms with E-state index in [2.05, 4.69) is 15.5 Å². The molecule has 166 valence electrons. The molecular weight excluding hydrogens is 435 g/mol. The molecular formula is C23H22ClFN4O3. The molecule has 1 aromatic heterocycles. The van der Waals surface area contributed by atoms with E-state index >= 15 is 0 Å². The fourth-order valence-corrected chi connectivity index (χ4v) is 3.95. The average Bonchev–Trinajstić information content (AvgIpc) is 3.22. The van der Waals surface area contributed by atoms with Crippen LogP contribution in [0.5, 0.6) is 0 Å². The second kappa shape index (κ2) is 9.40. The highest BCUT2D eigenvalue weighted by molar-refractivity contribution is 6.31. The van der Waals surface area contributed by atoms with Crippen molar-refractivity contribution in [2.75, 3.05) is 17.3 Å². The highest BCUT2D eigenvalue weighted by Gasteiger charge is 2.23. The van der Waals surface area contributed by atoms with Crippen LogP contribution in [0.3, 0.4) is 0 Å². The van der Waals surface area contributed by atoms with Crippen LogP contribution in [0.25, 0.3) is 0 Å². The monoisotopic (exact) mass is 456 g/mol. The Balaban J connectivity index is 1.64. The van der Waals surface area contributed by atoms with Crippen LogP contribution in [0.4, 0.5) is 20.6 Å². The van der Waals surface area contributed by atoms with E-state index in [9.17, 15) is 14.0 Å². The van der Waals surface area contributed by atoms with Gasteiger partial charge in [0.05, 0.1) is 29.9 Å². The zero-order chi connectivity index (χ0) is 22.7. The summed E-state index contributed by atoms with van der Waals surface area (Å²) in [6, 6.07) is 10.1. The van der Waals surface area contributed by atoms with Gasteiger partial charge in [0.1, 0.15) is 5.82 Å².